The van der Waals surface area contributed by atoms with Gasteiger partial charge in [-0.15, -0.1) is 0 Å². The van der Waals surface area contributed by atoms with Gasteiger partial charge in [0.15, 0.2) is 5.78 Å². The Bertz CT molecular complexity index is 533. The van der Waals surface area contributed by atoms with Crippen LogP contribution in [0.5, 0.6) is 0 Å². The van der Waals surface area contributed by atoms with Gasteiger partial charge in [-0.3, -0.25) is 4.79 Å². The lowest BCUT2D eigenvalue weighted by atomic mass is 10.1. The van der Waals surface area contributed by atoms with Crippen molar-refractivity contribution in [2.24, 2.45) is 0 Å². The lowest BCUT2D eigenvalue weighted by molar-refractivity contribution is 0.101. The van der Waals surface area contributed by atoms with Crippen molar-refractivity contribution < 1.29 is 14.3 Å². The second-order valence-electron chi connectivity index (χ2n) is 4.79. The molecule has 1 unspecified atom stereocenters. The van der Waals surface area contributed by atoms with E-state index in [9.17, 15) is 9.59 Å². The van der Waals surface area contributed by atoms with E-state index >= 15 is 0 Å². The Labute approximate surface area is 126 Å². The highest BCUT2D eigenvalue weighted by Crippen LogP contribution is 2.28. The third kappa shape index (κ3) is 3.30. The van der Waals surface area contributed by atoms with Crippen molar-refractivity contribution in [2.75, 3.05) is 25.1 Å². The van der Waals surface area contributed by atoms with Crippen molar-refractivity contribution in [2.45, 2.75) is 19.4 Å². The highest BCUT2D eigenvalue weighted by atomic mass is 79.9. The normalized spacial score (nSPS) is 17.9. The summed E-state index contributed by atoms with van der Waals surface area (Å²) < 4.78 is 5.49. The van der Waals surface area contributed by atoms with Crippen LogP contribution in [0, 0.1) is 0 Å². The van der Waals surface area contributed by atoms with Crippen LogP contribution >= 0.6 is 15.9 Å². The van der Waals surface area contributed by atoms with E-state index in [1.807, 2.05) is 18.2 Å². The lowest BCUT2D eigenvalue weighted by Gasteiger charge is -2.21. The van der Waals surface area contributed by atoms with Crippen LogP contribution < -0.4 is 10.2 Å². The Morgan fingerprint density at radius 1 is 1.45 bits per heavy atom. The van der Waals surface area contributed by atoms with Gasteiger partial charge in [-0.1, -0.05) is 15.9 Å². The smallest absolute Gasteiger partial charge is 0.407 e. The number of hydrogen-bond donors (Lipinski definition) is 1. The molecular formula is C14H17BrN2O3. The minimum atomic E-state index is -0.417. The van der Waals surface area contributed by atoms with Crippen LogP contribution in [0.25, 0.3) is 0 Å². The van der Waals surface area contributed by atoms with E-state index in [-0.39, 0.29) is 11.8 Å². The predicted octanol–water partition coefficient (Wildman–Crippen LogP) is 2.59. The minimum Gasteiger partial charge on any atom is -0.453 e. The number of hydrogen-bond acceptors (Lipinski definition) is 4. The minimum absolute atomic E-state index is 0.0330. The first-order chi connectivity index (χ1) is 9.51. The Hall–Kier alpha value is -1.56. The van der Waals surface area contributed by atoms with Gasteiger partial charge in [-0.2, -0.15) is 0 Å². The quantitative estimate of drug-likeness (QED) is 0.859. The summed E-state index contributed by atoms with van der Waals surface area (Å²) in [6.45, 7) is 3.04. The summed E-state index contributed by atoms with van der Waals surface area (Å²) in [7, 11) is 1.35. The van der Waals surface area contributed by atoms with E-state index in [0.29, 0.717) is 12.1 Å². The van der Waals surface area contributed by atoms with Crippen LogP contribution in [-0.4, -0.2) is 38.1 Å². The average Bonchev–Trinajstić information content (AvgIpc) is 2.86. The van der Waals surface area contributed by atoms with Crippen molar-refractivity contribution in [3.8, 4) is 0 Å². The van der Waals surface area contributed by atoms with E-state index in [2.05, 4.69) is 30.9 Å². The zero-order chi connectivity index (χ0) is 14.7. The molecule has 1 saturated heterocycles. The van der Waals surface area contributed by atoms with Gasteiger partial charge in [-0.05, 0) is 31.5 Å². The molecule has 2 rings (SSSR count). The summed E-state index contributed by atoms with van der Waals surface area (Å²) in [6, 6.07) is 5.73. The molecule has 1 heterocycles. The van der Waals surface area contributed by atoms with Crippen molar-refractivity contribution >= 4 is 33.5 Å². The van der Waals surface area contributed by atoms with E-state index in [1.54, 1.807) is 6.92 Å². The van der Waals surface area contributed by atoms with Crippen LogP contribution in [-0.2, 0) is 4.74 Å². The topological polar surface area (TPSA) is 58.6 Å². The number of ketones is 1. The first-order valence-corrected chi connectivity index (χ1v) is 7.20. The number of methoxy groups -OCH3 is 1. The van der Waals surface area contributed by atoms with Crippen LogP contribution in [0.1, 0.15) is 23.7 Å². The summed E-state index contributed by atoms with van der Waals surface area (Å²) >= 11 is 3.38. The fraction of sp³-hybridized carbons (Fsp3) is 0.429. The van der Waals surface area contributed by atoms with Gasteiger partial charge in [0.05, 0.1) is 13.2 Å². The summed E-state index contributed by atoms with van der Waals surface area (Å²) in [4.78, 5) is 25.1. The van der Waals surface area contributed by atoms with Crippen LogP contribution in [0.2, 0.25) is 0 Å². The average molecular weight is 341 g/mol. The maximum Gasteiger partial charge on any atom is 0.407 e. The van der Waals surface area contributed by atoms with Gasteiger partial charge in [0, 0.05) is 28.8 Å². The number of amides is 1. The number of carbonyl (C=O) groups excluding carboxylic acids is 2. The molecule has 0 radical (unpaired) electrons. The Kier molecular flexibility index (Phi) is 4.65. The number of carbonyl (C=O) groups is 2. The van der Waals surface area contributed by atoms with Crippen LogP contribution in [0.15, 0.2) is 22.7 Å². The number of nitrogens with one attached hydrogen (secondary N) is 1. The zero-order valence-corrected chi connectivity index (χ0v) is 13.1. The van der Waals surface area contributed by atoms with Gasteiger partial charge in [0.1, 0.15) is 0 Å². The van der Waals surface area contributed by atoms with Gasteiger partial charge in [0.2, 0.25) is 0 Å². The molecule has 0 spiro atoms. The number of nitrogens with zero attached hydrogens (tertiary/aromatic N) is 1. The van der Waals surface area contributed by atoms with Gasteiger partial charge < -0.3 is 15.0 Å². The number of ether oxygens (including phenoxy) is 1. The molecular weight excluding hydrogens is 324 g/mol. The van der Waals surface area contributed by atoms with E-state index in [1.165, 1.54) is 7.11 Å². The number of alkyl carbamates (subject to hydrolysis) is 1. The van der Waals surface area contributed by atoms with Crippen molar-refractivity contribution in [3.63, 3.8) is 0 Å². The third-order valence-corrected chi connectivity index (χ3v) is 3.87. The van der Waals surface area contributed by atoms with E-state index in [0.717, 1.165) is 23.1 Å². The summed E-state index contributed by atoms with van der Waals surface area (Å²) in [5, 5.41) is 2.79. The monoisotopic (exact) mass is 340 g/mol. The molecule has 1 aromatic rings. The Morgan fingerprint density at radius 2 is 2.20 bits per heavy atom. The molecule has 0 saturated carbocycles. The lowest BCUT2D eigenvalue weighted by Crippen LogP contribution is -2.37. The summed E-state index contributed by atoms with van der Waals surface area (Å²) in [5.41, 5.74) is 1.60. The molecule has 108 valence electrons. The summed E-state index contributed by atoms with van der Waals surface area (Å²) in [6.07, 6.45) is 0.419. The van der Waals surface area contributed by atoms with Gasteiger partial charge >= 0.3 is 6.09 Å². The van der Waals surface area contributed by atoms with Gasteiger partial charge in [-0.25, -0.2) is 4.79 Å². The molecule has 1 aliphatic heterocycles. The number of benzene rings is 1. The first kappa shape index (κ1) is 14.8. The molecule has 1 aromatic carbocycles. The van der Waals surface area contributed by atoms with Crippen LogP contribution in [0.4, 0.5) is 10.5 Å². The van der Waals surface area contributed by atoms with E-state index < -0.39 is 6.09 Å². The molecule has 6 heteroatoms. The number of anilines is 1. The predicted molar refractivity (Wildman–Crippen MR) is 80.3 cm³/mol. The summed E-state index contributed by atoms with van der Waals surface area (Å²) in [5.74, 6) is 0.0330. The van der Waals surface area contributed by atoms with Crippen molar-refractivity contribution in [3.05, 3.63) is 28.2 Å². The highest BCUT2D eigenvalue weighted by molar-refractivity contribution is 9.10. The van der Waals surface area contributed by atoms with Crippen molar-refractivity contribution in [1.29, 1.82) is 0 Å². The standard InChI is InChI=1S/C14H17BrN2O3/c1-9(18)12-7-10(15)3-4-13(12)17-6-5-11(8-17)16-14(19)20-2/h3-4,7,11H,5-6,8H2,1-2H3,(H,16,19). The number of halogens is 1. The number of Topliss-reactive ketones (excluding diaryl/α,β-unsaturated/α-hetero) is 1. The van der Waals surface area contributed by atoms with Crippen LogP contribution in [0.3, 0.4) is 0 Å². The fourth-order valence-corrected chi connectivity index (χ4v) is 2.75. The molecule has 1 N–H and O–H groups in total. The SMILES string of the molecule is COC(=O)NC1CCN(c2ccc(Br)cc2C(C)=O)C1. The number of rotatable bonds is 3. The Balaban J connectivity index is 2.14. The maximum atomic E-state index is 11.7. The van der Waals surface area contributed by atoms with E-state index in [4.69, 9.17) is 0 Å². The highest BCUT2D eigenvalue weighted by Gasteiger charge is 2.26. The van der Waals surface area contributed by atoms with Crippen molar-refractivity contribution in [1.82, 2.24) is 5.32 Å². The molecule has 1 fully saturated rings. The maximum absolute atomic E-state index is 11.7. The molecule has 0 bridgehead atoms. The third-order valence-electron chi connectivity index (χ3n) is 3.37. The second-order valence-corrected chi connectivity index (χ2v) is 5.70. The molecule has 1 amide bonds. The molecule has 20 heavy (non-hydrogen) atoms. The molecule has 1 aliphatic rings. The molecule has 0 aliphatic carbocycles. The first-order valence-electron chi connectivity index (χ1n) is 6.41. The second kappa shape index (κ2) is 6.26. The fourth-order valence-electron chi connectivity index (χ4n) is 2.39. The largest absolute Gasteiger partial charge is 0.453 e. The molecule has 5 nitrogen and oxygen atoms in total. The zero-order valence-electron chi connectivity index (χ0n) is 11.5. The molecule has 0 aromatic heterocycles. The van der Waals surface area contributed by atoms with Gasteiger partial charge in [0.25, 0.3) is 0 Å². The molecule has 1 atom stereocenters. The Morgan fingerprint density at radius 3 is 2.85 bits per heavy atom.